The number of fused-ring (bicyclic) bond motifs is 1. The Morgan fingerprint density at radius 2 is 1.72 bits per heavy atom. The molecule has 39 heavy (non-hydrogen) atoms. The summed E-state index contributed by atoms with van der Waals surface area (Å²) in [7, 11) is 1.35. The third-order valence-corrected chi connectivity index (χ3v) is 8.67. The van der Waals surface area contributed by atoms with E-state index >= 15 is 4.39 Å². The molecule has 204 valence electrons. The number of aliphatic carboxylic acids is 1. The number of halogens is 3. The second kappa shape index (κ2) is 10.2. The highest BCUT2D eigenvalue weighted by molar-refractivity contribution is 6.30. The number of amides is 1. The van der Waals surface area contributed by atoms with Crippen LogP contribution in [0, 0.1) is 11.7 Å². The van der Waals surface area contributed by atoms with Gasteiger partial charge < -0.3 is 14.9 Å². The highest BCUT2D eigenvalue weighted by Gasteiger charge is 2.57. The number of methoxy groups -OCH3 is 1. The normalized spacial score (nSPS) is 21.3. The maximum absolute atomic E-state index is 16.3. The molecule has 2 aliphatic rings. The van der Waals surface area contributed by atoms with Crippen molar-refractivity contribution >= 4 is 35.1 Å². The van der Waals surface area contributed by atoms with Crippen molar-refractivity contribution in [3.8, 4) is 0 Å². The quantitative estimate of drug-likeness (QED) is 0.315. The minimum absolute atomic E-state index is 0.00532. The molecule has 0 saturated heterocycles. The number of rotatable bonds is 8. The summed E-state index contributed by atoms with van der Waals surface area (Å²) in [4.78, 5) is 27.7. The molecule has 0 bridgehead atoms. The molecule has 6 nitrogen and oxygen atoms in total. The van der Waals surface area contributed by atoms with Crippen LogP contribution in [0.15, 0.2) is 60.7 Å². The summed E-state index contributed by atoms with van der Waals surface area (Å²) in [6.07, 6.45) is 2.10. The van der Waals surface area contributed by atoms with E-state index in [4.69, 9.17) is 27.9 Å². The fourth-order valence-corrected chi connectivity index (χ4v) is 6.11. The molecule has 9 heteroatoms. The van der Waals surface area contributed by atoms with Gasteiger partial charge in [0.2, 0.25) is 0 Å². The molecule has 1 amide bonds. The van der Waals surface area contributed by atoms with Crippen LogP contribution in [0.3, 0.4) is 0 Å². The van der Waals surface area contributed by atoms with Crippen molar-refractivity contribution < 1.29 is 28.9 Å². The molecule has 3 aromatic carbocycles. The minimum atomic E-state index is -1.82. The van der Waals surface area contributed by atoms with Crippen LogP contribution in [0.1, 0.15) is 71.3 Å². The number of carboxylic acid groups (broad SMARTS) is 1. The van der Waals surface area contributed by atoms with Gasteiger partial charge >= 0.3 is 5.97 Å². The second-order valence-corrected chi connectivity index (χ2v) is 11.2. The lowest BCUT2D eigenvalue weighted by Crippen LogP contribution is -2.49. The van der Waals surface area contributed by atoms with Crippen molar-refractivity contribution in [1.29, 1.82) is 0 Å². The van der Waals surface area contributed by atoms with Crippen molar-refractivity contribution in [1.82, 2.24) is 4.90 Å². The Labute approximate surface area is 235 Å². The molecular formula is C30H28Cl2FNO5. The monoisotopic (exact) mass is 571 g/mol. The van der Waals surface area contributed by atoms with E-state index in [1.165, 1.54) is 24.1 Å². The molecule has 0 radical (unpaired) electrons. The first kappa shape index (κ1) is 27.6. The Morgan fingerprint density at radius 1 is 1.13 bits per heavy atom. The number of benzene rings is 3. The first-order chi connectivity index (χ1) is 18.5. The van der Waals surface area contributed by atoms with E-state index in [1.807, 2.05) is 0 Å². The summed E-state index contributed by atoms with van der Waals surface area (Å²) in [6.45, 7) is 1.64. The SMILES string of the molecule is CO[C@]1(c2ccc(Cl)cc2)c2c(F)cc([C@](C)(O)C3CCC3)cc2C(=O)N1[C@@H](CC(=O)O)c1ccc(Cl)cc1. The molecule has 2 N–H and O–H groups in total. The van der Waals surface area contributed by atoms with Gasteiger partial charge in [-0.25, -0.2) is 4.39 Å². The Bertz CT molecular complexity index is 1420. The van der Waals surface area contributed by atoms with Crippen molar-refractivity contribution in [3.05, 3.63) is 104 Å². The van der Waals surface area contributed by atoms with Gasteiger partial charge in [0.05, 0.1) is 29.2 Å². The molecule has 0 spiro atoms. The van der Waals surface area contributed by atoms with E-state index in [1.54, 1.807) is 55.5 Å². The van der Waals surface area contributed by atoms with Gasteiger partial charge in [-0.3, -0.25) is 14.5 Å². The minimum Gasteiger partial charge on any atom is -0.481 e. The summed E-state index contributed by atoms with van der Waals surface area (Å²) in [5, 5.41) is 22.1. The molecule has 0 aromatic heterocycles. The molecule has 3 aromatic rings. The van der Waals surface area contributed by atoms with Gasteiger partial charge in [-0.1, -0.05) is 53.9 Å². The molecule has 1 heterocycles. The van der Waals surface area contributed by atoms with Crippen molar-refractivity contribution in [2.75, 3.05) is 7.11 Å². The van der Waals surface area contributed by atoms with E-state index in [0.717, 1.165) is 19.3 Å². The molecule has 1 fully saturated rings. The van der Waals surface area contributed by atoms with Crippen molar-refractivity contribution in [2.45, 2.75) is 50.0 Å². The predicted octanol–water partition coefficient (Wildman–Crippen LogP) is 6.66. The van der Waals surface area contributed by atoms with Gasteiger partial charge in [-0.05, 0) is 73.2 Å². The van der Waals surface area contributed by atoms with Crippen LogP contribution in [-0.4, -0.2) is 34.1 Å². The zero-order valence-electron chi connectivity index (χ0n) is 21.5. The van der Waals surface area contributed by atoms with Crippen molar-refractivity contribution in [3.63, 3.8) is 0 Å². The van der Waals surface area contributed by atoms with Crippen LogP contribution in [0.4, 0.5) is 4.39 Å². The fourth-order valence-electron chi connectivity index (χ4n) is 5.86. The number of carboxylic acids is 1. The first-order valence-corrected chi connectivity index (χ1v) is 13.4. The summed E-state index contributed by atoms with van der Waals surface area (Å²) < 4.78 is 22.4. The third kappa shape index (κ3) is 4.51. The van der Waals surface area contributed by atoms with Gasteiger partial charge in [0.1, 0.15) is 5.82 Å². The van der Waals surface area contributed by atoms with E-state index in [0.29, 0.717) is 26.7 Å². The van der Waals surface area contributed by atoms with Gasteiger partial charge in [0.15, 0.2) is 5.72 Å². The van der Waals surface area contributed by atoms with Gasteiger partial charge in [-0.15, -0.1) is 0 Å². The summed E-state index contributed by atoms with van der Waals surface area (Å²) in [5.74, 6) is -2.57. The largest absolute Gasteiger partial charge is 0.481 e. The maximum Gasteiger partial charge on any atom is 0.305 e. The fraction of sp³-hybridized carbons (Fsp3) is 0.333. The maximum atomic E-state index is 16.3. The number of nitrogens with zero attached hydrogens (tertiary/aromatic N) is 1. The molecule has 1 saturated carbocycles. The Morgan fingerprint density at radius 3 is 2.23 bits per heavy atom. The highest BCUT2D eigenvalue weighted by atomic mass is 35.5. The summed E-state index contributed by atoms with van der Waals surface area (Å²) >= 11 is 12.2. The van der Waals surface area contributed by atoms with Crippen LogP contribution in [0.2, 0.25) is 10.0 Å². The van der Waals surface area contributed by atoms with Crippen LogP contribution in [0.5, 0.6) is 0 Å². The Hall–Kier alpha value is -2.97. The lowest BCUT2D eigenvalue weighted by Gasteiger charge is -2.43. The summed E-state index contributed by atoms with van der Waals surface area (Å²) in [5.41, 5.74) is -2.03. The number of ether oxygens (including phenoxy) is 1. The topological polar surface area (TPSA) is 87.1 Å². The Kier molecular flexibility index (Phi) is 7.22. The molecule has 1 aliphatic heterocycles. The average molecular weight is 572 g/mol. The highest BCUT2D eigenvalue weighted by Crippen LogP contribution is 2.52. The van der Waals surface area contributed by atoms with Crippen LogP contribution in [-0.2, 0) is 20.9 Å². The zero-order chi connectivity index (χ0) is 28.1. The number of hydrogen-bond donors (Lipinski definition) is 2. The first-order valence-electron chi connectivity index (χ1n) is 12.7. The number of carbonyl (C=O) groups excluding carboxylic acids is 1. The van der Waals surface area contributed by atoms with Crippen LogP contribution < -0.4 is 0 Å². The molecule has 0 unspecified atom stereocenters. The lowest BCUT2D eigenvalue weighted by molar-refractivity contribution is -0.142. The summed E-state index contributed by atoms with van der Waals surface area (Å²) in [6, 6.07) is 14.6. The number of carbonyl (C=O) groups is 2. The number of hydrogen-bond acceptors (Lipinski definition) is 4. The molecule has 5 rings (SSSR count). The van der Waals surface area contributed by atoms with E-state index in [9.17, 15) is 19.8 Å². The molecule has 3 atom stereocenters. The van der Waals surface area contributed by atoms with Gasteiger partial charge in [0.25, 0.3) is 5.91 Å². The van der Waals surface area contributed by atoms with E-state index in [-0.39, 0.29) is 17.0 Å². The average Bonchev–Trinajstić information content (AvgIpc) is 3.11. The molecule has 1 aliphatic carbocycles. The van der Waals surface area contributed by atoms with Gasteiger partial charge in [-0.2, -0.15) is 0 Å². The Balaban J connectivity index is 1.78. The molecular weight excluding hydrogens is 544 g/mol. The van der Waals surface area contributed by atoms with E-state index in [2.05, 4.69) is 0 Å². The van der Waals surface area contributed by atoms with E-state index < -0.39 is 41.5 Å². The number of aliphatic hydroxyl groups is 1. The standard InChI is InChI=1S/C30H28Cl2FNO5/c1-29(38,18-4-3-5-18)20-14-23-27(24(33)15-20)30(39-2,19-8-12-22(32)13-9-19)34(28(23)37)25(16-26(35)36)17-6-10-21(31)11-7-17/h6-15,18,25,38H,3-5,16H2,1-2H3,(H,35,36)/t25-,29+,30+/m0/s1. The zero-order valence-corrected chi connectivity index (χ0v) is 23.0. The smallest absolute Gasteiger partial charge is 0.305 e. The van der Waals surface area contributed by atoms with Gasteiger partial charge in [0, 0.05) is 22.7 Å². The van der Waals surface area contributed by atoms with Crippen molar-refractivity contribution in [2.24, 2.45) is 5.92 Å². The van der Waals surface area contributed by atoms with Crippen LogP contribution >= 0.6 is 23.2 Å². The lowest BCUT2D eigenvalue weighted by atomic mass is 9.70. The second-order valence-electron chi connectivity index (χ2n) is 10.4. The predicted molar refractivity (Wildman–Crippen MR) is 145 cm³/mol. The third-order valence-electron chi connectivity index (χ3n) is 8.17. The van der Waals surface area contributed by atoms with Crippen LogP contribution in [0.25, 0.3) is 0 Å².